The predicted octanol–water partition coefficient (Wildman–Crippen LogP) is 4.00. The number of urea groups is 1. The van der Waals surface area contributed by atoms with Gasteiger partial charge in [0.25, 0.3) is 0 Å². The molecule has 0 aromatic heterocycles. The molecule has 0 bridgehead atoms. The lowest BCUT2D eigenvalue weighted by Gasteiger charge is -2.22. The van der Waals surface area contributed by atoms with E-state index in [1.165, 1.54) is 12.1 Å². The smallest absolute Gasteiger partial charge is 0.319 e. The maximum atomic E-state index is 12.6. The number of halogens is 1. The number of hydrogen-bond donors (Lipinski definition) is 3. The first-order chi connectivity index (χ1) is 12.4. The SMILES string of the molecule is CC(C)C(NC(=O)Nc1ccccc1)C(=O)Nc1ccc(Cl)c(C#N)c1. The van der Waals surface area contributed by atoms with Crippen LogP contribution in [0.5, 0.6) is 0 Å². The number of para-hydroxylation sites is 1. The Bertz CT molecular complexity index is 831. The van der Waals surface area contributed by atoms with Crippen LogP contribution in [-0.2, 0) is 4.79 Å². The van der Waals surface area contributed by atoms with Gasteiger partial charge in [-0.1, -0.05) is 43.6 Å². The normalized spacial score (nSPS) is 11.3. The third kappa shape index (κ3) is 5.23. The van der Waals surface area contributed by atoms with E-state index in [2.05, 4.69) is 16.0 Å². The molecule has 134 valence electrons. The second-order valence-electron chi connectivity index (χ2n) is 5.98. The van der Waals surface area contributed by atoms with Gasteiger partial charge in [0.1, 0.15) is 12.1 Å². The molecule has 2 aromatic carbocycles. The van der Waals surface area contributed by atoms with Gasteiger partial charge in [0, 0.05) is 11.4 Å². The Kier molecular flexibility index (Phi) is 6.59. The largest absolute Gasteiger partial charge is 0.326 e. The average molecular weight is 371 g/mol. The van der Waals surface area contributed by atoms with Crippen LogP contribution in [-0.4, -0.2) is 18.0 Å². The first kappa shape index (κ1) is 19.3. The predicted molar refractivity (Wildman–Crippen MR) is 102 cm³/mol. The number of carbonyl (C=O) groups excluding carboxylic acids is 2. The van der Waals surface area contributed by atoms with Crippen molar-refractivity contribution < 1.29 is 9.59 Å². The summed E-state index contributed by atoms with van der Waals surface area (Å²) in [6, 6.07) is 14.3. The number of carbonyl (C=O) groups is 2. The molecule has 0 aliphatic carbocycles. The minimum absolute atomic E-state index is 0.140. The van der Waals surface area contributed by atoms with Crippen molar-refractivity contribution in [3.63, 3.8) is 0 Å². The summed E-state index contributed by atoms with van der Waals surface area (Å²) in [5.74, 6) is -0.520. The van der Waals surface area contributed by atoms with E-state index in [4.69, 9.17) is 16.9 Å². The fourth-order valence-electron chi connectivity index (χ4n) is 2.27. The summed E-state index contributed by atoms with van der Waals surface area (Å²) in [6.07, 6.45) is 0. The van der Waals surface area contributed by atoms with Gasteiger partial charge in [0.05, 0.1) is 10.6 Å². The monoisotopic (exact) mass is 370 g/mol. The second-order valence-corrected chi connectivity index (χ2v) is 6.39. The molecule has 1 unspecified atom stereocenters. The average Bonchev–Trinajstić information content (AvgIpc) is 2.61. The van der Waals surface area contributed by atoms with Gasteiger partial charge in [-0.3, -0.25) is 4.79 Å². The van der Waals surface area contributed by atoms with E-state index in [0.29, 0.717) is 16.4 Å². The summed E-state index contributed by atoms with van der Waals surface area (Å²) in [5, 5.41) is 17.4. The number of hydrogen-bond acceptors (Lipinski definition) is 3. The highest BCUT2D eigenvalue weighted by Gasteiger charge is 2.24. The lowest BCUT2D eigenvalue weighted by atomic mass is 10.0. The van der Waals surface area contributed by atoms with Crippen molar-refractivity contribution in [1.82, 2.24) is 5.32 Å². The van der Waals surface area contributed by atoms with Crippen LogP contribution in [0.25, 0.3) is 0 Å². The Morgan fingerprint density at radius 1 is 1.04 bits per heavy atom. The molecule has 0 fully saturated rings. The molecule has 0 aliphatic heterocycles. The Morgan fingerprint density at radius 3 is 2.35 bits per heavy atom. The quantitative estimate of drug-likeness (QED) is 0.742. The van der Waals surface area contributed by atoms with E-state index in [0.717, 1.165) is 0 Å². The highest BCUT2D eigenvalue weighted by molar-refractivity contribution is 6.31. The Labute approximate surface area is 157 Å². The summed E-state index contributed by atoms with van der Waals surface area (Å²) in [4.78, 5) is 24.7. The molecule has 6 nitrogen and oxygen atoms in total. The van der Waals surface area contributed by atoms with Gasteiger partial charge in [-0.25, -0.2) is 4.79 Å². The number of rotatable bonds is 5. The van der Waals surface area contributed by atoms with Crippen molar-refractivity contribution in [2.45, 2.75) is 19.9 Å². The van der Waals surface area contributed by atoms with Crippen LogP contribution in [0, 0.1) is 17.2 Å². The van der Waals surface area contributed by atoms with Crippen molar-refractivity contribution in [2.24, 2.45) is 5.92 Å². The molecule has 2 rings (SSSR count). The minimum atomic E-state index is -0.750. The molecule has 0 spiro atoms. The van der Waals surface area contributed by atoms with Gasteiger partial charge in [-0.15, -0.1) is 0 Å². The van der Waals surface area contributed by atoms with Crippen LogP contribution < -0.4 is 16.0 Å². The van der Waals surface area contributed by atoms with Crippen molar-refractivity contribution in [3.8, 4) is 6.07 Å². The van der Waals surface area contributed by atoms with Gasteiger partial charge >= 0.3 is 6.03 Å². The lowest BCUT2D eigenvalue weighted by molar-refractivity contribution is -0.118. The summed E-state index contributed by atoms with van der Waals surface area (Å²) in [5.41, 5.74) is 1.33. The van der Waals surface area contributed by atoms with Gasteiger partial charge in [0.2, 0.25) is 5.91 Å². The van der Waals surface area contributed by atoms with E-state index in [1.807, 2.05) is 26.0 Å². The standard InChI is InChI=1S/C19H19ClN4O2/c1-12(2)17(24-19(26)23-14-6-4-3-5-7-14)18(25)22-15-8-9-16(20)13(10-15)11-21/h3-10,12,17H,1-2H3,(H,22,25)(H2,23,24,26). The van der Waals surface area contributed by atoms with Crippen molar-refractivity contribution >= 4 is 34.9 Å². The van der Waals surface area contributed by atoms with Crippen LogP contribution in [0.2, 0.25) is 5.02 Å². The van der Waals surface area contributed by atoms with Crippen molar-refractivity contribution in [1.29, 1.82) is 5.26 Å². The van der Waals surface area contributed by atoms with E-state index in [1.54, 1.807) is 30.3 Å². The first-order valence-corrected chi connectivity index (χ1v) is 8.41. The molecule has 0 radical (unpaired) electrons. The van der Waals surface area contributed by atoms with E-state index in [-0.39, 0.29) is 17.4 Å². The fraction of sp³-hybridized carbons (Fsp3) is 0.211. The number of nitriles is 1. The van der Waals surface area contributed by atoms with E-state index >= 15 is 0 Å². The number of nitrogens with zero attached hydrogens (tertiary/aromatic N) is 1. The van der Waals surface area contributed by atoms with E-state index < -0.39 is 12.1 Å². The van der Waals surface area contributed by atoms with Gasteiger partial charge in [-0.2, -0.15) is 5.26 Å². The highest BCUT2D eigenvalue weighted by atomic mass is 35.5. The third-order valence-electron chi connectivity index (χ3n) is 3.62. The number of benzene rings is 2. The van der Waals surface area contributed by atoms with Crippen LogP contribution >= 0.6 is 11.6 Å². The molecule has 26 heavy (non-hydrogen) atoms. The number of amides is 3. The summed E-state index contributed by atoms with van der Waals surface area (Å²) in [6.45, 7) is 3.66. The molecule has 3 amide bonds. The molecule has 0 heterocycles. The van der Waals surface area contributed by atoms with Crippen LogP contribution in [0.15, 0.2) is 48.5 Å². The van der Waals surface area contributed by atoms with E-state index in [9.17, 15) is 9.59 Å². The topological polar surface area (TPSA) is 94.0 Å². The molecule has 0 aliphatic rings. The third-order valence-corrected chi connectivity index (χ3v) is 3.95. The summed E-state index contributed by atoms with van der Waals surface area (Å²) >= 11 is 5.89. The second kappa shape index (κ2) is 8.88. The first-order valence-electron chi connectivity index (χ1n) is 8.03. The molecule has 7 heteroatoms. The zero-order valence-corrected chi connectivity index (χ0v) is 15.2. The maximum absolute atomic E-state index is 12.6. The zero-order chi connectivity index (χ0) is 19.1. The van der Waals surface area contributed by atoms with Gasteiger partial charge in [0.15, 0.2) is 0 Å². The Balaban J connectivity index is 2.05. The molecular formula is C19H19ClN4O2. The molecule has 0 saturated carbocycles. The maximum Gasteiger partial charge on any atom is 0.319 e. The van der Waals surface area contributed by atoms with Crippen molar-refractivity contribution in [3.05, 3.63) is 59.1 Å². The Hall–Kier alpha value is -3.04. The van der Waals surface area contributed by atoms with Crippen LogP contribution in [0.4, 0.5) is 16.2 Å². The highest BCUT2D eigenvalue weighted by Crippen LogP contribution is 2.20. The Morgan fingerprint density at radius 2 is 1.73 bits per heavy atom. The lowest BCUT2D eigenvalue weighted by Crippen LogP contribution is -2.48. The van der Waals surface area contributed by atoms with Crippen LogP contribution in [0.1, 0.15) is 19.4 Å². The van der Waals surface area contributed by atoms with Gasteiger partial charge in [-0.05, 0) is 36.2 Å². The molecule has 0 saturated heterocycles. The zero-order valence-electron chi connectivity index (χ0n) is 14.4. The number of anilines is 2. The van der Waals surface area contributed by atoms with Crippen molar-refractivity contribution in [2.75, 3.05) is 10.6 Å². The fourth-order valence-corrected chi connectivity index (χ4v) is 2.43. The summed E-state index contributed by atoms with van der Waals surface area (Å²) < 4.78 is 0. The summed E-state index contributed by atoms with van der Waals surface area (Å²) in [7, 11) is 0. The molecule has 3 N–H and O–H groups in total. The van der Waals surface area contributed by atoms with Gasteiger partial charge < -0.3 is 16.0 Å². The molecule has 1 atom stereocenters. The number of nitrogens with one attached hydrogen (secondary N) is 3. The molecular weight excluding hydrogens is 352 g/mol. The van der Waals surface area contributed by atoms with Crippen LogP contribution in [0.3, 0.4) is 0 Å². The minimum Gasteiger partial charge on any atom is -0.326 e. The molecule has 2 aromatic rings.